The number of fused-ring (bicyclic) bond motifs is 2. The number of phosphoric ester groups is 1. The molecule has 2 unspecified atom stereocenters. The zero-order chi connectivity index (χ0) is 75.2. The Kier molecular flexibility index (Phi) is 32.4. The van der Waals surface area contributed by atoms with E-state index >= 15 is 0 Å². The fourth-order valence-corrected chi connectivity index (χ4v) is 17.4. The minimum atomic E-state index is -5.81. The van der Waals surface area contributed by atoms with E-state index in [9.17, 15) is 83.3 Å². The van der Waals surface area contributed by atoms with Crippen molar-refractivity contribution in [2.45, 2.75) is 85.8 Å². The van der Waals surface area contributed by atoms with Crippen molar-refractivity contribution < 1.29 is 129 Å². The maximum absolute atomic E-state index is 13.4. The van der Waals surface area contributed by atoms with Crippen LogP contribution in [0, 0.1) is 17.3 Å². The van der Waals surface area contributed by atoms with Crippen molar-refractivity contribution >= 4 is 128 Å². The number of aromatic amines is 1. The van der Waals surface area contributed by atoms with Crippen LogP contribution >= 0.6 is 66.6 Å². The lowest BCUT2D eigenvalue weighted by atomic mass is 9.89. The van der Waals surface area contributed by atoms with Gasteiger partial charge in [0.15, 0.2) is 21.1 Å². The second kappa shape index (κ2) is 38.9. The third kappa shape index (κ3) is 26.9. The molecule has 1 aliphatic carbocycles. The van der Waals surface area contributed by atoms with Crippen LogP contribution in [0.2, 0.25) is 0 Å². The molecule has 47 heteroatoms. The summed E-state index contributed by atoms with van der Waals surface area (Å²) >= 11 is 0. The van der Waals surface area contributed by atoms with E-state index in [-0.39, 0.29) is 103 Å². The summed E-state index contributed by atoms with van der Waals surface area (Å²) in [6.45, 7) is 6.21. The van der Waals surface area contributed by atoms with Gasteiger partial charge in [-0.05, 0) is 87.6 Å². The SMILES string of the molecule is CCSSCO[C@@H]1C[C@H](n2cc(C#CCNC(=O)NCCCCCOCSSC(C)(C)CCOC(=O)NCCOCCOCCNC(=O)c3ccc(C(=O)O)c(-c4c5ccc(=N)c(S(=O)(=O)O)c-5oc5c(S(=O)(=O)O)c(N)ccc45)c3)c(=O)[nH]c2=O)O[C@@H]1COP(=O)(O)OP(=O)(O)OP(=O)(O)O. The molecule has 3 aliphatic rings. The van der Waals surface area contributed by atoms with Crippen LogP contribution in [0.5, 0.6) is 0 Å². The molecule has 38 nitrogen and oxygen atoms in total. The van der Waals surface area contributed by atoms with Gasteiger partial charge in [0.2, 0.25) is 0 Å². The molecule has 4 amide bonds. The minimum absolute atomic E-state index is 0.00194. The average molecular weight is 1610 g/mol. The summed E-state index contributed by atoms with van der Waals surface area (Å²) < 4.78 is 158. The number of urea groups is 1. The Morgan fingerprint density at radius 2 is 1.51 bits per heavy atom. The number of nitrogens with one attached hydrogen (secondary N) is 6. The number of hydrogen-bond acceptors (Lipinski definition) is 29. The number of nitrogens with two attached hydrogens (primary N) is 1. The van der Waals surface area contributed by atoms with Gasteiger partial charge in [0.05, 0.1) is 68.9 Å². The maximum Gasteiger partial charge on any atom is 0.490 e. The number of aromatic carboxylic acids is 1. The predicted molar refractivity (Wildman–Crippen MR) is 370 cm³/mol. The summed E-state index contributed by atoms with van der Waals surface area (Å²) in [5.74, 6) is 3.38. The molecular formula is C55H73N8O30P3S6. The standard InChI is InChI=1S/C55H73N8O30P3S6/c1-4-97-98-32-88-41-28-43(90-42(41)30-89-95(74,75)93-96(76,77)92-94(71,72)73)63-29-34(50(65)62-53(63)69)9-8-18-60-52(68)59-17-6-5-7-21-86-31-99-100-55(2,3)16-22-87-54(70)61-20-24-85-26-25-84-23-19-58-49(64)33-10-11-35(51(66)67)38(27-33)44-36-12-14-39(56)47(101(78,79)80)45(36)91-46-37(44)13-15-40(57)48(46)102(81,82)83/h10-15,27,29,41-43,56H,4-7,16-26,28,30-32,57H2,1-3H3,(H,58,64)(H,61,70)(H,66,67)(H,74,75)(H,76,77)(H2,59,60,68)(H,62,65,69)(H2,71,72,73)(H,78,79,80)(H,81,82,83)/t41-,42-,43-/m1/s1. The normalized spacial score (nSPS) is 16.2. The highest BCUT2D eigenvalue weighted by Gasteiger charge is 2.44. The fraction of sp³-hybridized carbons (Fsp3) is 0.473. The number of rotatable bonds is 41. The number of alkyl carbamates (subject to hydrolysis) is 1. The molecule has 3 aromatic rings. The molecule has 102 heavy (non-hydrogen) atoms. The van der Waals surface area contributed by atoms with Crippen molar-refractivity contribution in [3.63, 3.8) is 0 Å². The number of H-pyrrole nitrogens is 1. The number of carbonyl (C=O) groups excluding carboxylic acids is 3. The molecule has 0 bridgehead atoms. The van der Waals surface area contributed by atoms with E-state index in [2.05, 4.69) is 46.7 Å². The summed E-state index contributed by atoms with van der Waals surface area (Å²) in [5.41, 5.74) is 1.37. The number of ether oxygens (including phenoxy) is 6. The molecule has 5 atom stereocenters. The first-order chi connectivity index (χ1) is 47.9. The molecule has 6 rings (SSSR count). The van der Waals surface area contributed by atoms with E-state index in [1.165, 1.54) is 50.6 Å². The van der Waals surface area contributed by atoms with Crippen molar-refractivity contribution in [1.29, 1.82) is 5.41 Å². The topological polar surface area (TPSA) is 578 Å². The number of aromatic nitrogens is 2. The second-order valence-electron chi connectivity index (χ2n) is 21.7. The summed E-state index contributed by atoms with van der Waals surface area (Å²) in [6, 6.07) is 7.30. The Morgan fingerprint density at radius 1 is 0.804 bits per heavy atom. The number of carboxylic acid groups (broad SMARTS) is 1. The first-order valence-corrected chi connectivity index (χ1v) is 42.2. The van der Waals surface area contributed by atoms with Gasteiger partial charge in [-0.25, -0.2) is 32.9 Å². The second-order valence-corrected chi connectivity index (χ2v) is 34.5. The van der Waals surface area contributed by atoms with Crippen LogP contribution in [0.4, 0.5) is 15.3 Å². The van der Waals surface area contributed by atoms with Crippen molar-refractivity contribution in [2.75, 3.05) is 95.8 Å². The molecule has 2 aliphatic heterocycles. The number of anilines is 1. The van der Waals surface area contributed by atoms with Crippen molar-refractivity contribution in [3.05, 3.63) is 91.5 Å². The van der Waals surface area contributed by atoms with E-state index in [0.29, 0.717) is 31.9 Å². The van der Waals surface area contributed by atoms with Gasteiger partial charge >= 0.3 is 47.3 Å². The highest BCUT2D eigenvalue weighted by Crippen LogP contribution is 2.66. The van der Waals surface area contributed by atoms with E-state index in [1.807, 2.05) is 20.8 Å². The monoisotopic (exact) mass is 1610 g/mol. The summed E-state index contributed by atoms with van der Waals surface area (Å²) in [7, 11) is -21.6. The average Bonchev–Trinajstić information content (AvgIpc) is 0.783. The Balaban J connectivity index is 0.804. The third-order valence-electron chi connectivity index (χ3n) is 13.7. The van der Waals surface area contributed by atoms with Crippen molar-refractivity contribution in [3.8, 4) is 34.3 Å². The lowest BCUT2D eigenvalue weighted by molar-refractivity contribution is -0.0543. The zero-order valence-corrected chi connectivity index (χ0v) is 61.7. The smallest absolute Gasteiger partial charge is 0.478 e. The minimum Gasteiger partial charge on any atom is -0.478 e. The van der Waals surface area contributed by atoms with Crippen LogP contribution in [0.25, 0.3) is 33.4 Å². The highest BCUT2D eigenvalue weighted by molar-refractivity contribution is 8.77. The van der Waals surface area contributed by atoms with E-state index < -0.39 is 142 Å². The number of nitrogens with zero attached hydrogens (tertiary/aromatic N) is 1. The molecule has 0 radical (unpaired) electrons. The van der Waals surface area contributed by atoms with Gasteiger partial charge < -0.3 is 84.5 Å². The molecule has 1 saturated heterocycles. The number of carboxylic acids is 1. The molecule has 564 valence electrons. The first-order valence-electron chi connectivity index (χ1n) is 30.0. The van der Waals surface area contributed by atoms with Crippen LogP contribution in [-0.2, 0) is 75.5 Å². The lowest BCUT2D eigenvalue weighted by Crippen LogP contribution is -2.36. The first kappa shape index (κ1) is 85.0. The molecule has 1 aromatic heterocycles. The quantitative estimate of drug-likeness (QED) is 0.00349. The van der Waals surface area contributed by atoms with Gasteiger partial charge in [0, 0.05) is 71.4 Å². The Bertz CT molecular complexity index is 4420. The maximum atomic E-state index is 13.4. The molecule has 2 aromatic carbocycles. The number of benzene rings is 3. The molecule has 3 heterocycles. The summed E-state index contributed by atoms with van der Waals surface area (Å²) in [6.07, 6.45) is -0.357. The zero-order valence-electron chi connectivity index (χ0n) is 54.1. The largest absolute Gasteiger partial charge is 0.490 e. The summed E-state index contributed by atoms with van der Waals surface area (Å²) in [4.78, 5) is 113. The lowest BCUT2D eigenvalue weighted by Gasteiger charge is -2.22. The number of hydrogen-bond donors (Lipinski definition) is 14. The molecule has 15 N–H and O–H groups in total. The number of unbranched alkanes of at least 4 members (excludes halogenated alkanes) is 2. The van der Waals surface area contributed by atoms with E-state index in [0.717, 1.165) is 53.6 Å². The Hall–Kier alpha value is -5.92. The van der Waals surface area contributed by atoms with E-state index in [1.54, 1.807) is 10.8 Å². The van der Waals surface area contributed by atoms with Gasteiger partial charge in [-0.1, -0.05) is 61.9 Å². The van der Waals surface area contributed by atoms with Crippen molar-refractivity contribution in [2.24, 2.45) is 0 Å². The van der Waals surface area contributed by atoms with Crippen LogP contribution < -0.4 is 43.6 Å². The van der Waals surface area contributed by atoms with Crippen molar-refractivity contribution in [1.82, 2.24) is 30.8 Å². The Labute approximate surface area is 597 Å². The number of amides is 4. The van der Waals surface area contributed by atoms with Gasteiger partial charge in [0.25, 0.3) is 31.7 Å². The molecule has 1 fully saturated rings. The van der Waals surface area contributed by atoms with Crippen LogP contribution in [0.3, 0.4) is 0 Å². The molecular weight excluding hydrogens is 1540 g/mol. The Morgan fingerprint density at radius 3 is 2.19 bits per heavy atom. The van der Waals surface area contributed by atoms with Crippen LogP contribution in [-0.4, -0.2) is 191 Å². The molecule has 0 saturated carbocycles. The van der Waals surface area contributed by atoms with Gasteiger partial charge in [-0.2, -0.15) is 25.5 Å². The van der Waals surface area contributed by atoms with Gasteiger partial charge in [0.1, 0.15) is 29.8 Å². The van der Waals surface area contributed by atoms with Crippen LogP contribution in [0.15, 0.2) is 72.5 Å². The predicted octanol–water partition coefficient (Wildman–Crippen LogP) is 5.22. The fourth-order valence-electron chi connectivity index (χ4n) is 9.24. The highest BCUT2D eigenvalue weighted by atomic mass is 33.1. The third-order valence-corrected chi connectivity index (χ3v) is 24.5. The number of nitrogen functional groups attached to an aromatic ring is 1. The number of carbonyl (C=O) groups is 4. The van der Waals surface area contributed by atoms with Gasteiger partial charge in [-0.3, -0.25) is 38.2 Å². The summed E-state index contributed by atoms with van der Waals surface area (Å²) in [5, 5.41) is 27.9. The number of phosphoric acid groups is 3. The molecule has 0 spiro atoms. The van der Waals surface area contributed by atoms with E-state index in [4.69, 9.17) is 58.3 Å². The van der Waals surface area contributed by atoms with Crippen LogP contribution in [0.1, 0.15) is 85.4 Å². The van der Waals surface area contributed by atoms with Gasteiger partial charge in [-0.15, -0.1) is 0 Å².